The molecule has 2 saturated heterocycles. The van der Waals surface area contributed by atoms with Gasteiger partial charge in [-0.15, -0.1) is 0 Å². The summed E-state index contributed by atoms with van der Waals surface area (Å²) in [5.74, 6) is 0. The van der Waals surface area contributed by atoms with E-state index in [-0.39, 0.29) is 11.1 Å². The third-order valence-electron chi connectivity index (χ3n) is 4.87. The maximum atomic E-state index is 6.00. The highest BCUT2D eigenvalue weighted by Gasteiger charge is 2.40. The minimum absolute atomic E-state index is 0.240. The summed E-state index contributed by atoms with van der Waals surface area (Å²) in [4.78, 5) is 2.63. The molecule has 2 aliphatic rings. The number of hydrogen-bond acceptors (Lipinski definition) is 3. The second kappa shape index (κ2) is 5.10. The van der Waals surface area contributed by atoms with Crippen molar-refractivity contribution in [3.63, 3.8) is 0 Å². The van der Waals surface area contributed by atoms with Crippen molar-refractivity contribution in [2.75, 3.05) is 19.6 Å². The van der Waals surface area contributed by atoms with E-state index in [0.29, 0.717) is 12.2 Å². The zero-order chi connectivity index (χ0) is 13.4. The fraction of sp³-hybridized carbons (Fsp3) is 1.00. The number of ether oxygens (including phenoxy) is 1. The van der Waals surface area contributed by atoms with E-state index >= 15 is 0 Å². The van der Waals surface area contributed by atoms with E-state index in [1.54, 1.807) is 0 Å². The van der Waals surface area contributed by atoms with Crippen LogP contribution in [0.3, 0.4) is 0 Å². The monoisotopic (exact) mass is 254 g/mol. The molecular weight excluding hydrogens is 224 g/mol. The first-order valence-corrected chi connectivity index (χ1v) is 7.50. The Labute approximate surface area is 112 Å². The zero-order valence-corrected chi connectivity index (χ0v) is 12.8. The Bertz CT molecular complexity index is 292. The van der Waals surface area contributed by atoms with Gasteiger partial charge in [0, 0.05) is 30.7 Å². The molecule has 2 aliphatic heterocycles. The van der Waals surface area contributed by atoms with Crippen LogP contribution in [0.2, 0.25) is 0 Å². The second-order valence-corrected chi connectivity index (χ2v) is 7.11. The third kappa shape index (κ3) is 3.06. The average Bonchev–Trinajstić information content (AvgIpc) is 2.70. The highest BCUT2D eigenvalue weighted by molar-refractivity contribution is 4.99. The predicted molar refractivity (Wildman–Crippen MR) is 75.9 cm³/mol. The summed E-state index contributed by atoms with van der Waals surface area (Å²) in [5.41, 5.74) is 0.504. The van der Waals surface area contributed by atoms with Gasteiger partial charge in [0.2, 0.25) is 0 Å². The Morgan fingerprint density at radius 3 is 2.56 bits per heavy atom. The fourth-order valence-corrected chi connectivity index (χ4v) is 3.05. The summed E-state index contributed by atoms with van der Waals surface area (Å²) < 4.78 is 6.00. The van der Waals surface area contributed by atoms with E-state index in [2.05, 4.69) is 44.8 Å². The number of nitrogens with zero attached hydrogens (tertiary/aromatic N) is 1. The first-order chi connectivity index (χ1) is 8.35. The molecule has 2 fully saturated rings. The molecule has 2 heterocycles. The van der Waals surface area contributed by atoms with Gasteiger partial charge in [0.05, 0.1) is 12.2 Å². The van der Waals surface area contributed by atoms with Crippen molar-refractivity contribution >= 4 is 0 Å². The van der Waals surface area contributed by atoms with Gasteiger partial charge in [-0.25, -0.2) is 0 Å². The third-order valence-corrected chi connectivity index (χ3v) is 4.87. The number of nitrogens with one attached hydrogen (secondary N) is 1. The molecule has 0 aromatic rings. The SMILES string of the molecule is CCC1(C)CN(CC2CCC(C)O2)C(C)(C)CN1. The first-order valence-electron chi connectivity index (χ1n) is 7.50. The molecule has 18 heavy (non-hydrogen) atoms. The van der Waals surface area contributed by atoms with E-state index < -0.39 is 0 Å². The standard InChI is InChI=1S/C15H30N2O/c1-6-15(5)11-17(14(3,4)10-16-15)9-13-8-7-12(2)18-13/h12-13,16H,6-11H2,1-5H3. The molecular formula is C15H30N2O. The Morgan fingerprint density at radius 2 is 2.00 bits per heavy atom. The highest BCUT2D eigenvalue weighted by Crippen LogP contribution is 2.28. The van der Waals surface area contributed by atoms with Crippen LogP contribution in [-0.4, -0.2) is 47.8 Å². The Hall–Kier alpha value is -0.120. The van der Waals surface area contributed by atoms with Crippen LogP contribution in [0.15, 0.2) is 0 Å². The average molecular weight is 254 g/mol. The Morgan fingerprint density at radius 1 is 1.28 bits per heavy atom. The van der Waals surface area contributed by atoms with E-state index in [4.69, 9.17) is 4.74 Å². The molecule has 3 heteroatoms. The lowest BCUT2D eigenvalue weighted by Crippen LogP contribution is -2.67. The molecule has 0 spiro atoms. The van der Waals surface area contributed by atoms with Crippen LogP contribution in [0.1, 0.15) is 53.9 Å². The molecule has 106 valence electrons. The fourth-order valence-electron chi connectivity index (χ4n) is 3.05. The lowest BCUT2D eigenvalue weighted by molar-refractivity contribution is -0.0255. The largest absolute Gasteiger partial charge is 0.374 e. The van der Waals surface area contributed by atoms with E-state index in [1.165, 1.54) is 19.3 Å². The van der Waals surface area contributed by atoms with Crippen LogP contribution < -0.4 is 5.32 Å². The molecule has 3 unspecified atom stereocenters. The van der Waals surface area contributed by atoms with Gasteiger partial charge in [-0.2, -0.15) is 0 Å². The van der Waals surface area contributed by atoms with Gasteiger partial charge >= 0.3 is 0 Å². The van der Waals surface area contributed by atoms with Crippen molar-refractivity contribution in [3.05, 3.63) is 0 Å². The van der Waals surface area contributed by atoms with Gasteiger partial charge in [-0.3, -0.25) is 4.90 Å². The van der Waals surface area contributed by atoms with Gasteiger partial charge in [0.25, 0.3) is 0 Å². The van der Waals surface area contributed by atoms with E-state index in [9.17, 15) is 0 Å². The van der Waals surface area contributed by atoms with Gasteiger partial charge < -0.3 is 10.1 Å². The molecule has 0 radical (unpaired) electrons. The minimum Gasteiger partial charge on any atom is -0.374 e. The molecule has 0 amide bonds. The van der Waals surface area contributed by atoms with Crippen molar-refractivity contribution in [3.8, 4) is 0 Å². The zero-order valence-electron chi connectivity index (χ0n) is 12.8. The Balaban J connectivity index is 1.99. The van der Waals surface area contributed by atoms with Crippen molar-refractivity contribution in [2.45, 2.75) is 77.2 Å². The number of piperazine rings is 1. The minimum atomic E-state index is 0.240. The van der Waals surface area contributed by atoms with Gasteiger partial charge in [0.15, 0.2) is 0 Å². The van der Waals surface area contributed by atoms with Crippen molar-refractivity contribution in [1.82, 2.24) is 10.2 Å². The van der Waals surface area contributed by atoms with Gasteiger partial charge in [-0.1, -0.05) is 6.92 Å². The number of rotatable bonds is 3. The lowest BCUT2D eigenvalue weighted by atomic mass is 9.88. The summed E-state index contributed by atoms with van der Waals surface area (Å²) in [6, 6.07) is 0. The smallest absolute Gasteiger partial charge is 0.0706 e. The van der Waals surface area contributed by atoms with Crippen LogP contribution in [0.5, 0.6) is 0 Å². The molecule has 3 nitrogen and oxygen atoms in total. The van der Waals surface area contributed by atoms with Gasteiger partial charge in [0.1, 0.15) is 0 Å². The maximum Gasteiger partial charge on any atom is 0.0706 e. The quantitative estimate of drug-likeness (QED) is 0.837. The van der Waals surface area contributed by atoms with Crippen LogP contribution in [0.25, 0.3) is 0 Å². The highest BCUT2D eigenvalue weighted by atomic mass is 16.5. The summed E-state index contributed by atoms with van der Waals surface area (Å²) in [6.45, 7) is 14.8. The second-order valence-electron chi connectivity index (χ2n) is 7.11. The van der Waals surface area contributed by atoms with E-state index in [1.807, 2.05) is 0 Å². The predicted octanol–water partition coefficient (Wildman–Crippen LogP) is 2.41. The summed E-state index contributed by atoms with van der Waals surface area (Å²) >= 11 is 0. The lowest BCUT2D eigenvalue weighted by Gasteiger charge is -2.51. The van der Waals surface area contributed by atoms with Crippen LogP contribution in [0.4, 0.5) is 0 Å². The van der Waals surface area contributed by atoms with E-state index in [0.717, 1.165) is 19.6 Å². The van der Waals surface area contributed by atoms with Crippen LogP contribution in [0, 0.1) is 0 Å². The molecule has 1 N–H and O–H groups in total. The molecule has 0 saturated carbocycles. The van der Waals surface area contributed by atoms with Gasteiger partial charge in [-0.05, 0) is 47.0 Å². The van der Waals surface area contributed by atoms with Crippen molar-refractivity contribution < 1.29 is 4.74 Å². The van der Waals surface area contributed by atoms with Crippen molar-refractivity contribution in [2.24, 2.45) is 0 Å². The maximum absolute atomic E-state index is 6.00. The summed E-state index contributed by atoms with van der Waals surface area (Å²) in [6.07, 6.45) is 4.53. The molecule has 2 rings (SSSR count). The summed E-state index contributed by atoms with van der Waals surface area (Å²) in [5, 5.41) is 3.72. The van der Waals surface area contributed by atoms with Crippen molar-refractivity contribution in [1.29, 1.82) is 0 Å². The number of hydrogen-bond donors (Lipinski definition) is 1. The normalized spacial score (nSPS) is 41.2. The van der Waals surface area contributed by atoms with Crippen LogP contribution in [-0.2, 0) is 4.74 Å². The van der Waals surface area contributed by atoms with Crippen LogP contribution >= 0.6 is 0 Å². The molecule has 0 bridgehead atoms. The Kier molecular flexibility index (Phi) is 4.05. The topological polar surface area (TPSA) is 24.5 Å². The molecule has 0 aromatic heterocycles. The molecule has 0 aliphatic carbocycles. The molecule has 0 aromatic carbocycles. The molecule has 3 atom stereocenters. The first kappa shape index (κ1) is 14.3. The summed E-state index contributed by atoms with van der Waals surface area (Å²) in [7, 11) is 0.